The second kappa shape index (κ2) is 7.45. The molecule has 0 spiro atoms. The first-order valence-electron chi connectivity index (χ1n) is 8.49. The topological polar surface area (TPSA) is 80.5 Å². The number of halogens is 1. The molecule has 0 radical (unpaired) electrons. The summed E-state index contributed by atoms with van der Waals surface area (Å²) >= 11 is 0. The highest BCUT2D eigenvalue weighted by Crippen LogP contribution is 2.24. The van der Waals surface area contributed by atoms with Crippen molar-refractivity contribution in [3.63, 3.8) is 0 Å². The van der Waals surface area contributed by atoms with Gasteiger partial charge in [-0.1, -0.05) is 11.2 Å². The first-order chi connectivity index (χ1) is 13.2. The minimum absolute atomic E-state index is 0.226. The molecular weight excluding hydrogens is 351 g/mol. The number of anilines is 1. The molecule has 3 aromatic rings. The van der Waals surface area contributed by atoms with E-state index in [0.29, 0.717) is 36.6 Å². The predicted octanol–water partition coefficient (Wildman–Crippen LogP) is 3.38. The molecule has 1 aliphatic heterocycles. The van der Waals surface area contributed by atoms with E-state index in [9.17, 15) is 9.18 Å². The van der Waals surface area contributed by atoms with E-state index in [1.54, 1.807) is 41.6 Å². The van der Waals surface area contributed by atoms with Crippen molar-refractivity contribution in [1.29, 1.82) is 0 Å². The van der Waals surface area contributed by atoms with Crippen LogP contribution < -0.4 is 10.1 Å². The van der Waals surface area contributed by atoms with Gasteiger partial charge in [-0.2, -0.15) is 0 Å². The molecule has 0 unspecified atom stereocenters. The Kier molecular flexibility index (Phi) is 4.69. The number of carbonyl (C=O) groups excluding carboxylic acids is 1. The quantitative estimate of drug-likeness (QED) is 0.764. The summed E-state index contributed by atoms with van der Waals surface area (Å²) in [7, 11) is 0. The Hall–Kier alpha value is -3.42. The van der Waals surface area contributed by atoms with Gasteiger partial charge in [0.2, 0.25) is 0 Å². The zero-order valence-electron chi connectivity index (χ0n) is 14.4. The van der Waals surface area contributed by atoms with E-state index in [4.69, 9.17) is 9.26 Å². The lowest BCUT2D eigenvalue weighted by Gasteiger charge is -2.26. The minimum Gasteiger partial charge on any atom is -0.486 e. The van der Waals surface area contributed by atoms with Crippen molar-refractivity contribution in [3.8, 4) is 5.75 Å². The molecule has 27 heavy (non-hydrogen) atoms. The lowest BCUT2D eigenvalue weighted by molar-refractivity contribution is 0.202. The number of hydrogen-bond acceptors (Lipinski definition) is 5. The first kappa shape index (κ1) is 17.0. The summed E-state index contributed by atoms with van der Waals surface area (Å²) in [6, 6.07) is 9.08. The van der Waals surface area contributed by atoms with Crippen LogP contribution in [-0.4, -0.2) is 27.6 Å². The van der Waals surface area contributed by atoms with Crippen molar-refractivity contribution in [3.05, 3.63) is 71.6 Å². The van der Waals surface area contributed by atoms with Gasteiger partial charge in [-0.05, 0) is 30.3 Å². The van der Waals surface area contributed by atoms with Gasteiger partial charge in [0.15, 0.2) is 0 Å². The number of hydrogen-bond donors (Lipinski definition) is 1. The second-order valence-corrected chi connectivity index (χ2v) is 6.12. The number of nitrogens with one attached hydrogen (secondary N) is 1. The van der Waals surface area contributed by atoms with Crippen LogP contribution in [-0.2, 0) is 19.6 Å². The van der Waals surface area contributed by atoms with Crippen LogP contribution in [0.25, 0.3) is 0 Å². The summed E-state index contributed by atoms with van der Waals surface area (Å²) in [6.45, 7) is 1.07. The molecule has 2 aromatic heterocycles. The van der Waals surface area contributed by atoms with Crippen LogP contribution in [0, 0.1) is 5.82 Å². The molecule has 0 saturated carbocycles. The van der Waals surface area contributed by atoms with Gasteiger partial charge in [0.1, 0.15) is 29.6 Å². The van der Waals surface area contributed by atoms with Crippen molar-refractivity contribution >= 4 is 11.7 Å². The molecule has 1 aromatic carbocycles. The molecule has 0 bridgehead atoms. The van der Waals surface area contributed by atoms with Crippen LogP contribution in [0.4, 0.5) is 14.9 Å². The molecule has 0 atom stereocenters. The summed E-state index contributed by atoms with van der Waals surface area (Å²) < 4.78 is 24.3. The summed E-state index contributed by atoms with van der Waals surface area (Å²) in [6.07, 6.45) is 3.84. The van der Waals surface area contributed by atoms with Gasteiger partial charge in [-0.3, -0.25) is 4.98 Å². The van der Waals surface area contributed by atoms with Crippen molar-refractivity contribution in [2.45, 2.75) is 19.6 Å². The molecule has 1 N–H and O–H groups in total. The smallest absolute Gasteiger partial charge is 0.322 e. The third kappa shape index (κ3) is 3.89. The maximum Gasteiger partial charge on any atom is 0.322 e. The molecular formula is C19H17FN4O3. The molecule has 3 heterocycles. The Morgan fingerprint density at radius 3 is 3.07 bits per heavy atom. The van der Waals surface area contributed by atoms with Gasteiger partial charge in [-0.25, -0.2) is 9.18 Å². The lowest BCUT2D eigenvalue weighted by atomic mass is 10.1. The van der Waals surface area contributed by atoms with Crippen molar-refractivity contribution < 1.29 is 18.4 Å². The highest BCUT2D eigenvalue weighted by molar-refractivity contribution is 5.89. The molecule has 0 fully saturated rings. The number of urea groups is 1. The molecule has 1 aliphatic rings. The molecule has 138 valence electrons. The van der Waals surface area contributed by atoms with E-state index in [-0.39, 0.29) is 12.6 Å². The Balaban J connectivity index is 1.43. The number of fused-ring (bicyclic) bond motifs is 1. The fourth-order valence-electron chi connectivity index (χ4n) is 2.90. The van der Waals surface area contributed by atoms with Crippen LogP contribution in [0.1, 0.15) is 17.0 Å². The van der Waals surface area contributed by atoms with E-state index < -0.39 is 5.82 Å². The van der Waals surface area contributed by atoms with Crippen LogP contribution in [0.2, 0.25) is 0 Å². The average Bonchev–Trinajstić information content (AvgIpc) is 3.09. The number of pyridine rings is 1. The highest BCUT2D eigenvalue weighted by atomic mass is 19.1. The second-order valence-electron chi connectivity index (χ2n) is 6.12. The van der Waals surface area contributed by atoms with Crippen molar-refractivity contribution in [2.75, 3.05) is 11.9 Å². The number of amides is 2. The molecule has 8 heteroatoms. The lowest BCUT2D eigenvalue weighted by Crippen LogP contribution is -2.38. The molecule has 4 rings (SSSR count). The Labute approximate surface area is 154 Å². The predicted molar refractivity (Wildman–Crippen MR) is 94.6 cm³/mol. The number of ether oxygens (including phenoxy) is 1. The minimum atomic E-state index is -0.400. The molecule has 0 saturated heterocycles. The first-order valence-corrected chi connectivity index (χ1v) is 8.49. The normalized spacial score (nSPS) is 13.1. The largest absolute Gasteiger partial charge is 0.486 e. The zero-order valence-corrected chi connectivity index (χ0v) is 14.4. The fourth-order valence-corrected chi connectivity index (χ4v) is 2.90. The Morgan fingerprint density at radius 1 is 1.33 bits per heavy atom. The molecule has 7 nitrogen and oxygen atoms in total. The van der Waals surface area contributed by atoms with Crippen LogP contribution in [0.3, 0.4) is 0 Å². The van der Waals surface area contributed by atoms with Crippen LogP contribution >= 0.6 is 0 Å². The zero-order chi connectivity index (χ0) is 18.6. The number of benzene rings is 1. The number of rotatable bonds is 4. The summed E-state index contributed by atoms with van der Waals surface area (Å²) in [4.78, 5) is 18.1. The Morgan fingerprint density at radius 2 is 2.26 bits per heavy atom. The van der Waals surface area contributed by atoms with Crippen molar-refractivity contribution in [1.82, 2.24) is 15.0 Å². The average molecular weight is 368 g/mol. The van der Waals surface area contributed by atoms with Gasteiger partial charge in [-0.15, -0.1) is 0 Å². The monoisotopic (exact) mass is 368 g/mol. The van der Waals surface area contributed by atoms with E-state index in [2.05, 4.69) is 15.5 Å². The van der Waals surface area contributed by atoms with E-state index >= 15 is 0 Å². The van der Waals surface area contributed by atoms with Crippen molar-refractivity contribution in [2.24, 2.45) is 0 Å². The van der Waals surface area contributed by atoms with E-state index in [0.717, 1.165) is 11.3 Å². The summed E-state index contributed by atoms with van der Waals surface area (Å²) in [5.41, 5.74) is 1.91. The third-order valence-electron chi connectivity index (χ3n) is 4.28. The van der Waals surface area contributed by atoms with E-state index in [1.165, 1.54) is 12.1 Å². The Bertz CT molecular complexity index is 945. The fraction of sp³-hybridized carbons (Fsp3) is 0.211. The molecule has 2 amide bonds. The number of carbonyl (C=O) groups is 1. The molecule has 0 aliphatic carbocycles. The van der Waals surface area contributed by atoms with E-state index in [1.807, 2.05) is 0 Å². The summed E-state index contributed by atoms with van der Waals surface area (Å²) in [5.74, 6) is 0.989. The highest BCUT2D eigenvalue weighted by Gasteiger charge is 2.27. The van der Waals surface area contributed by atoms with Gasteiger partial charge < -0.3 is 19.5 Å². The SMILES string of the molecule is O=C(Nc1cccc(F)c1)N1CCc2onc(COc3cccnc3)c2C1. The summed E-state index contributed by atoms with van der Waals surface area (Å²) in [5, 5.41) is 6.78. The van der Waals surface area contributed by atoms with Gasteiger partial charge in [0, 0.05) is 30.4 Å². The third-order valence-corrected chi connectivity index (χ3v) is 4.28. The van der Waals surface area contributed by atoms with Crippen LogP contribution in [0.15, 0.2) is 53.3 Å². The maximum absolute atomic E-state index is 13.3. The number of aromatic nitrogens is 2. The number of nitrogens with zero attached hydrogens (tertiary/aromatic N) is 3. The van der Waals surface area contributed by atoms with Crippen LogP contribution in [0.5, 0.6) is 5.75 Å². The standard InChI is InChI=1S/C19H17FN4O3/c20-13-3-1-4-14(9-13)22-19(25)24-8-6-18-16(11-24)17(23-27-18)12-26-15-5-2-7-21-10-15/h1-5,7,9-10H,6,8,11-12H2,(H,22,25). The van der Waals surface area contributed by atoms with Gasteiger partial charge in [0.25, 0.3) is 0 Å². The van der Waals surface area contributed by atoms with Gasteiger partial charge >= 0.3 is 6.03 Å². The maximum atomic E-state index is 13.3. The van der Waals surface area contributed by atoms with Gasteiger partial charge in [0.05, 0.1) is 12.7 Å².